The number of esters is 1. The van der Waals surface area contributed by atoms with E-state index in [0.29, 0.717) is 0 Å². The van der Waals surface area contributed by atoms with Crippen molar-refractivity contribution in [3.8, 4) is 46.7 Å². The summed E-state index contributed by atoms with van der Waals surface area (Å²) in [6.45, 7) is 6.31. The molecule has 2 aliphatic carbocycles. The second kappa shape index (κ2) is 15.8. The SMILES string of the molecule is C=C1Oc2cc(O)cc(C(=O)OC3OCC(=O)CC(N)c4ccc(Cl)c(c4O)OC4C#C/C=C/3C#CC3=CC=CC34O[C@@H]3OC(C)(C)[C@@H](N(C)C)[C@@H](O)[C@H]3O)c2NC1=O. The van der Waals surface area contributed by atoms with Gasteiger partial charge in [0.25, 0.3) is 5.91 Å². The first-order chi connectivity index (χ1) is 27.9. The Labute approximate surface area is 343 Å². The zero-order chi connectivity index (χ0) is 42.6. The number of ether oxygens (including phenoxy) is 6. The highest BCUT2D eigenvalue weighted by atomic mass is 35.5. The summed E-state index contributed by atoms with van der Waals surface area (Å²) in [5.74, 6) is 7.74. The summed E-state index contributed by atoms with van der Waals surface area (Å²) in [7, 11) is 3.48. The number of nitrogens with one attached hydrogen (secondary N) is 1. The van der Waals surface area contributed by atoms with E-state index in [2.05, 4.69) is 35.6 Å². The minimum absolute atomic E-state index is 0.0459. The summed E-state index contributed by atoms with van der Waals surface area (Å²) in [4.78, 5) is 41.4. The van der Waals surface area contributed by atoms with E-state index in [1.807, 2.05) is 0 Å². The van der Waals surface area contributed by atoms with Crippen LogP contribution in [0.5, 0.6) is 23.0 Å². The van der Waals surface area contributed by atoms with Crippen LogP contribution < -0.4 is 20.5 Å². The van der Waals surface area contributed by atoms with Crippen molar-refractivity contribution < 1.29 is 63.2 Å². The van der Waals surface area contributed by atoms with Crippen molar-refractivity contribution >= 4 is 34.9 Å². The molecule has 8 atom stereocenters. The number of Topliss-reactive ketones (excluding diaryl/α,β-unsaturated/α-hetero) is 1. The molecule has 3 aliphatic heterocycles. The molecule has 2 aromatic carbocycles. The molecule has 1 fully saturated rings. The first kappa shape index (κ1) is 41.5. The molecule has 4 unspecified atom stereocenters. The Balaban J connectivity index is 1.34. The Kier molecular flexibility index (Phi) is 11.1. The number of nitrogens with zero attached hydrogens (tertiary/aromatic N) is 1. The number of aliphatic hydroxyl groups is 2. The van der Waals surface area contributed by atoms with Gasteiger partial charge < -0.3 is 64.8 Å². The molecule has 3 heterocycles. The van der Waals surface area contributed by atoms with Gasteiger partial charge in [0.05, 0.1) is 33.5 Å². The molecule has 2 aromatic rings. The number of halogens is 1. The highest BCUT2D eigenvalue weighted by Crippen LogP contribution is 2.45. The summed E-state index contributed by atoms with van der Waals surface area (Å²) in [6.07, 6.45) is -2.01. The molecular weight excluding hydrogens is 790 g/mol. The van der Waals surface area contributed by atoms with Gasteiger partial charge in [0.2, 0.25) is 6.29 Å². The number of fused-ring (bicyclic) bond motifs is 7. The Morgan fingerprint density at radius 3 is 2.64 bits per heavy atom. The summed E-state index contributed by atoms with van der Waals surface area (Å²) in [5.41, 5.74) is 3.25. The third kappa shape index (κ3) is 7.81. The molecule has 4 bridgehead atoms. The zero-order valence-corrected chi connectivity index (χ0v) is 32.9. The number of phenolic OH excluding ortho intramolecular Hbond substituents is 2. The van der Waals surface area contributed by atoms with Crippen LogP contribution in [0.25, 0.3) is 0 Å². The van der Waals surface area contributed by atoms with Crippen molar-refractivity contribution in [3.63, 3.8) is 0 Å². The number of anilines is 1. The maximum Gasteiger partial charge on any atom is 0.343 e. The predicted molar refractivity (Wildman–Crippen MR) is 209 cm³/mol. The Hall–Kier alpha value is -5.66. The van der Waals surface area contributed by atoms with Crippen molar-refractivity contribution in [2.75, 3.05) is 26.0 Å². The monoisotopic (exact) mass is 829 g/mol. The molecule has 7 N–H and O–H groups in total. The van der Waals surface area contributed by atoms with Crippen LogP contribution in [0.15, 0.2) is 72.1 Å². The first-order valence-corrected chi connectivity index (χ1v) is 18.6. The van der Waals surface area contributed by atoms with E-state index in [4.69, 9.17) is 45.8 Å². The van der Waals surface area contributed by atoms with E-state index < -0.39 is 89.9 Å². The molecule has 17 heteroatoms. The topological polar surface area (TPSA) is 229 Å². The van der Waals surface area contributed by atoms with Crippen molar-refractivity contribution in [2.24, 2.45) is 5.73 Å². The van der Waals surface area contributed by atoms with Crippen LogP contribution in [0.4, 0.5) is 5.69 Å². The number of ketones is 1. The average molecular weight is 830 g/mol. The fourth-order valence-corrected chi connectivity index (χ4v) is 7.73. The van der Waals surface area contributed by atoms with E-state index in [9.17, 15) is 34.8 Å². The lowest BCUT2D eigenvalue weighted by Crippen LogP contribution is -2.68. The van der Waals surface area contributed by atoms with E-state index in [1.165, 1.54) is 18.2 Å². The molecule has 0 radical (unpaired) electrons. The van der Waals surface area contributed by atoms with Gasteiger partial charge in [-0.3, -0.25) is 9.59 Å². The Morgan fingerprint density at radius 1 is 1.14 bits per heavy atom. The van der Waals surface area contributed by atoms with Crippen LogP contribution in [0.2, 0.25) is 5.02 Å². The van der Waals surface area contributed by atoms with Crippen LogP contribution in [0.3, 0.4) is 0 Å². The molecule has 0 saturated carbocycles. The lowest BCUT2D eigenvalue weighted by Gasteiger charge is -2.51. The highest BCUT2D eigenvalue weighted by Gasteiger charge is 2.55. The number of hydrogen-bond acceptors (Lipinski definition) is 15. The molecule has 1 saturated heterocycles. The molecule has 7 rings (SSSR count). The Morgan fingerprint density at radius 2 is 1.90 bits per heavy atom. The lowest BCUT2D eigenvalue weighted by molar-refractivity contribution is -0.329. The van der Waals surface area contributed by atoms with Gasteiger partial charge in [0.15, 0.2) is 46.8 Å². The van der Waals surface area contributed by atoms with E-state index >= 15 is 0 Å². The number of carbonyl (C=O) groups is 3. The Bertz CT molecular complexity index is 2370. The number of likely N-dealkylation sites (N-methyl/N-ethyl adjacent to an activating group) is 1. The standard InChI is InChI=1S/C42H40ClN3O13/c1-20-37(52)45-31-26(16-23(47)18-29(31)55-20)38(53)57-39-21-8-6-10-30(56-35-27(43)14-13-25(32(35)49)28(44)17-24(48)19-54-39)42(15-7-9-22(42)12-11-21)59-40-34(51)33(50)36(46(4)5)41(2,3)58-40/h7-9,13-16,18,28,30,33-34,36,39-40,47,49-51H,1,17,19,44H2,2-5H3,(H,45,52)/b21-8+/t28?,30?,33-,34+,36-,39?,40-,42?/m0/s1. The predicted octanol–water partition coefficient (Wildman–Crippen LogP) is 2.50. The average Bonchev–Trinajstić information content (AvgIpc) is 3.58. The van der Waals surface area contributed by atoms with Gasteiger partial charge in [0, 0.05) is 35.7 Å². The number of amides is 1. The van der Waals surface area contributed by atoms with Crippen molar-refractivity contribution in [1.82, 2.24) is 4.90 Å². The maximum atomic E-state index is 13.9. The molecule has 16 nitrogen and oxygen atoms in total. The lowest BCUT2D eigenvalue weighted by atomic mass is 9.85. The maximum absolute atomic E-state index is 13.9. The number of aromatic hydroxyl groups is 2. The minimum atomic E-state index is -1.83. The number of rotatable bonds is 5. The first-order valence-electron chi connectivity index (χ1n) is 18.2. The number of carbonyl (C=O) groups excluding carboxylic acids is 3. The molecular formula is C42H40ClN3O13. The second-order valence-electron chi connectivity index (χ2n) is 15.0. The molecule has 59 heavy (non-hydrogen) atoms. The largest absolute Gasteiger partial charge is 0.508 e. The summed E-state index contributed by atoms with van der Waals surface area (Å²) >= 11 is 6.61. The van der Waals surface area contributed by atoms with Gasteiger partial charge in [-0.2, -0.15) is 0 Å². The second-order valence-corrected chi connectivity index (χ2v) is 15.4. The smallest absolute Gasteiger partial charge is 0.343 e. The van der Waals surface area contributed by atoms with Crippen LogP contribution in [0, 0.1) is 23.7 Å². The normalized spacial score (nSPS) is 30.4. The number of allylic oxidation sites excluding steroid dienone is 3. The number of phenols is 2. The number of nitrogens with two attached hydrogens (primary N) is 1. The molecule has 0 aromatic heterocycles. The van der Waals surface area contributed by atoms with E-state index in [-0.39, 0.29) is 56.7 Å². The highest BCUT2D eigenvalue weighted by molar-refractivity contribution is 6.32. The van der Waals surface area contributed by atoms with Crippen molar-refractivity contribution in [3.05, 3.63) is 88.2 Å². The van der Waals surface area contributed by atoms with Gasteiger partial charge in [0.1, 0.15) is 24.6 Å². The molecule has 1 amide bonds. The fraction of sp³-hybridized carbons (Fsp3) is 0.357. The fourth-order valence-electron chi connectivity index (χ4n) is 7.53. The summed E-state index contributed by atoms with van der Waals surface area (Å²) in [6, 6.07) is 3.30. The van der Waals surface area contributed by atoms with Crippen molar-refractivity contribution in [2.45, 2.75) is 74.4 Å². The molecule has 5 aliphatic rings. The minimum Gasteiger partial charge on any atom is -0.508 e. The summed E-state index contributed by atoms with van der Waals surface area (Å²) < 4.78 is 36.5. The third-order valence-electron chi connectivity index (χ3n) is 10.2. The quantitative estimate of drug-likeness (QED) is 0.110. The number of aliphatic hydroxyl groups excluding tert-OH is 2. The van der Waals surface area contributed by atoms with E-state index in [0.717, 1.165) is 12.1 Å². The van der Waals surface area contributed by atoms with Gasteiger partial charge >= 0.3 is 5.97 Å². The van der Waals surface area contributed by atoms with Crippen LogP contribution in [-0.4, -0.2) is 112 Å². The van der Waals surface area contributed by atoms with Gasteiger partial charge in [-0.05, 0) is 58.1 Å². The van der Waals surface area contributed by atoms with Crippen LogP contribution >= 0.6 is 11.6 Å². The number of hydrogen-bond donors (Lipinski definition) is 6. The van der Waals surface area contributed by atoms with Crippen molar-refractivity contribution in [1.29, 1.82) is 0 Å². The van der Waals surface area contributed by atoms with Crippen LogP contribution in [-0.2, 0) is 28.5 Å². The zero-order valence-electron chi connectivity index (χ0n) is 32.1. The number of benzene rings is 2. The van der Waals surface area contributed by atoms with E-state index in [1.54, 1.807) is 51.1 Å². The third-order valence-corrected chi connectivity index (χ3v) is 10.5. The van der Waals surface area contributed by atoms with Gasteiger partial charge in [-0.1, -0.05) is 48.1 Å². The summed E-state index contributed by atoms with van der Waals surface area (Å²) in [5, 5.41) is 47.2. The van der Waals surface area contributed by atoms with Crippen LogP contribution in [0.1, 0.15) is 42.2 Å². The van der Waals surface area contributed by atoms with Gasteiger partial charge in [-0.15, -0.1) is 0 Å². The molecule has 308 valence electrons. The van der Waals surface area contributed by atoms with Gasteiger partial charge in [-0.25, -0.2) is 4.79 Å². The molecule has 0 spiro atoms.